The van der Waals surface area contributed by atoms with E-state index in [-0.39, 0.29) is 11.4 Å². The molecule has 8 heteroatoms. The highest BCUT2D eigenvalue weighted by Crippen LogP contribution is 2.28. The summed E-state index contributed by atoms with van der Waals surface area (Å²) < 4.78 is 40.8. The predicted molar refractivity (Wildman–Crippen MR) is 87.4 cm³/mol. The third-order valence-corrected chi connectivity index (χ3v) is 5.63. The van der Waals surface area contributed by atoms with Crippen LogP contribution in [0.25, 0.3) is 0 Å². The number of hydrogen-bond acceptors (Lipinski definition) is 5. The first-order valence-electron chi connectivity index (χ1n) is 7.03. The molecule has 2 N–H and O–H groups in total. The zero-order valence-corrected chi connectivity index (χ0v) is 14.3. The van der Waals surface area contributed by atoms with Gasteiger partial charge in [-0.1, -0.05) is 0 Å². The lowest BCUT2D eigenvalue weighted by Gasteiger charge is -2.30. The molecule has 1 aromatic rings. The van der Waals surface area contributed by atoms with Gasteiger partial charge in [-0.25, -0.2) is 17.5 Å². The minimum Gasteiger partial charge on any atom is -0.389 e. The maximum atomic E-state index is 13.6. The topological polar surface area (TPSA) is 69.6 Å². The number of rotatable bonds is 5. The highest BCUT2D eigenvalue weighted by molar-refractivity contribution is 7.99. The van der Waals surface area contributed by atoms with Crippen LogP contribution in [-0.2, 0) is 10.0 Å². The van der Waals surface area contributed by atoms with Crippen LogP contribution in [-0.4, -0.2) is 50.3 Å². The standard InChI is InChI=1S/C14H21FN2O3S2/c1-14(2,18)10-16-22(19,20)13-9-11(15)3-4-12(13)17-5-7-21-8-6-17/h3-4,9,16,18H,5-8,10H2,1-2H3. The van der Waals surface area contributed by atoms with Crippen molar-refractivity contribution < 1.29 is 17.9 Å². The van der Waals surface area contributed by atoms with Crippen LogP contribution in [0.5, 0.6) is 0 Å². The molecular formula is C14H21FN2O3S2. The molecule has 0 atom stereocenters. The van der Waals surface area contributed by atoms with Gasteiger partial charge in [0.05, 0.1) is 11.3 Å². The fourth-order valence-electron chi connectivity index (χ4n) is 2.12. The molecule has 0 spiro atoms. The quantitative estimate of drug-likeness (QED) is 0.842. The minimum atomic E-state index is -3.89. The summed E-state index contributed by atoms with van der Waals surface area (Å²) in [4.78, 5) is 1.87. The molecule has 1 aliphatic rings. The molecular weight excluding hydrogens is 327 g/mol. The first-order chi connectivity index (χ1) is 10.2. The fourth-order valence-corrected chi connectivity index (χ4v) is 4.46. The summed E-state index contributed by atoms with van der Waals surface area (Å²) in [6, 6.07) is 3.81. The van der Waals surface area contributed by atoms with Crippen LogP contribution >= 0.6 is 11.8 Å². The molecule has 1 saturated heterocycles. The van der Waals surface area contributed by atoms with E-state index in [1.165, 1.54) is 26.0 Å². The second-order valence-corrected chi connectivity index (χ2v) is 8.81. The Morgan fingerprint density at radius 3 is 2.59 bits per heavy atom. The number of hydrogen-bond donors (Lipinski definition) is 2. The van der Waals surface area contributed by atoms with Crippen molar-refractivity contribution in [2.24, 2.45) is 0 Å². The van der Waals surface area contributed by atoms with Gasteiger partial charge in [-0.15, -0.1) is 0 Å². The first kappa shape index (κ1) is 17.5. The number of benzene rings is 1. The van der Waals surface area contributed by atoms with Gasteiger partial charge in [-0.05, 0) is 32.0 Å². The number of aliphatic hydroxyl groups is 1. The van der Waals surface area contributed by atoms with E-state index >= 15 is 0 Å². The number of nitrogens with zero attached hydrogens (tertiary/aromatic N) is 1. The molecule has 0 amide bonds. The van der Waals surface area contributed by atoms with E-state index in [2.05, 4.69) is 4.72 Å². The molecule has 0 bridgehead atoms. The summed E-state index contributed by atoms with van der Waals surface area (Å²) in [5.74, 6) is 1.22. The highest BCUT2D eigenvalue weighted by Gasteiger charge is 2.25. The van der Waals surface area contributed by atoms with Crippen molar-refractivity contribution in [3.8, 4) is 0 Å². The van der Waals surface area contributed by atoms with Crippen molar-refractivity contribution in [3.05, 3.63) is 24.0 Å². The summed E-state index contributed by atoms with van der Waals surface area (Å²) >= 11 is 1.81. The highest BCUT2D eigenvalue weighted by atomic mass is 32.2. The molecule has 22 heavy (non-hydrogen) atoms. The van der Waals surface area contributed by atoms with Crippen molar-refractivity contribution in [2.75, 3.05) is 36.0 Å². The number of sulfonamides is 1. The molecule has 0 radical (unpaired) electrons. The van der Waals surface area contributed by atoms with Crippen LogP contribution in [0, 0.1) is 5.82 Å². The number of nitrogens with one attached hydrogen (secondary N) is 1. The van der Waals surface area contributed by atoms with Crippen LogP contribution < -0.4 is 9.62 Å². The van der Waals surface area contributed by atoms with Crippen LogP contribution in [0.15, 0.2) is 23.1 Å². The van der Waals surface area contributed by atoms with E-state index in [0.29, 0.717) is 5.69 Å². The second kappa shape index (κ2) is 6.74. The summed E-state index contributed by atoms with van der Waals surface area (Å²) in [5.41, 5.74) is -0.674. The molecule has 0 unspecified atom stereocenters. The normalized spacial score (nSPS) is 16.8. The van der Waals surface area contributed by atoms with Gasteiger partial charge in [0.2, 0.25) is 10.0 Å². The molecule has 1 aromatic carbocycles. The zero-order valence-electron chi connectivity index (χ0n) is 12.7. The average Bonchev–Trinajstić information content (AvgIpc) is 2.45. The van der Waals surface area contributed by atoms with Gasteiger partial charge in [0.1, 0.15) is 10.7 Å². The Kier molecular flexibility index (Phi) is 5.37. The van der Waals surface area contributed by atoms with E-state index in [1.54, 1.807) is 0 Å². The summed E-state index contributed by atoms with van der Waals surface area (Å²) in [5, 5.41) is 9.69. The van der Waals surface area contributed by atoms with Gasteiger partial charge >= 0.3 is 0 Å². The summed E-state index contributed by atoms with van der Waals surface area (Å²) in [7, 11) is -3.89. The van der Waals surface area contributed by atoms with Crippen molar-refractivity contribution in [1.82, 2.24) is 4.72 Å². The molecule has 1 aliphatic heterocycles. The fraction of sp³-hybridized carbons (Fsp3) is 0.571. The van der Waals surface area contributed by atoms with E-state index in [1.807, 2.05) is 16.7 Å². The van der Waals surface area contributed by atoms with Crippen molar-refractivity contribution in [3.63, 3.8) is 0 Å². The van der Waals surface area contributed by atoms with E-state index in [9.17, 15) is 17.9 Å². The molecule has 0 saturated carbocycles. The minimum absolute atomic E-state index is 0.0800. The lowest BCUT2D eigenvalue weighted by molar-refractivity contribution is 0.0857. The monoisotopic (exact) mass is 348 g/mol. The lowest BCUT2D eigenvalue weighted by atomic mass is 10.1. The van der Waals surface area contributed by atoms with Gasteiger partial charge in [0.15, 0.2) is 0 Å². The van der Waals surface area contributed by atoms with Gasteiger partial charge in [-0.2, -0.15) is 11.8 Å². The van der Waals surface area contributed by atoms with Crippen LogP contribution in [0.4, 0.5) is 10.1 Å². The number of anilines is 1. The molecule has 2 rings (SSSR count). The van der Waals surface area contributed by atoms with Crippen molar-refractivity contribution in [1.29, 1.82) is 0 Å². The van der Waals surface area contributed by atoms with Crippen LogP contribution in [0.3, 0.4) is 0 Å². The Hall–Kier alpha value is -0.830. The third kappa shape index (κ3) is 4.58. The smallest absolute Gasteiger partial charge is 0.242 e. The van der Waals surface area contributed by atoms with E-state index < -0.39 is 21.4 Å². The lowest BCUT2D eigenvalue weighted by Crippen LogP contribution is -2.39. The Bertz CT molecular complexity index is 623. The zero-order chi connectivity index (χ0) is 16.4. The maximum absolute atomic E-state index is 13.6. The summed E-state index contributed by atoms with van der Waals surface area (Å²) in [6.45, 7) is 4.32. The molecule has 1 heterocycles. The Morgan fingerprint density at radius 1 is 1.36 bits per heavy atom. The molecule has 0 aromatic heterocycles. The first-order valence-corrected chi connectivity index (χ1v) is 9.67. The van der Waals surface area contributed by atoms with E-state index in [4.69, 9.17) is 0 Å². The third-order valence-electron chi connectivity index (χ3n) is 3.26. The van der Waals surface area contributed by atoms with Gasteiger partial charge < -0.3 is 10.0 Å². The van der Waals surface area contributed by atoms with Gasteiger partial charge in [-0.3, -0.25) is 0 Å². The Labute approximate surface area is 134 Å². The van der Waals surface area contributed by atoms with Crippen LogP contribution in [0.2, 0.25) is 0 Å². The Morgan fingerprint density at radius 2 is 2.00 bits per heavy atom. The molecule has 0 aliphatic carbocycles. The number of halogens is 1. The largest absolute Gasteiger partial charge is 0.389 e. The summed E-state index contributed by atoms with van der Waals surface area (Å²) in [6.07, 6.45) is 0. The van der Waals surface area contributed by atoms with Crippen molar-refractivity contribution >= 4 is 27.5 Å². The predicted octanol–water partition coefficient (Wildman–Crippen LogP) is 1.43. The van der Waals surface area contributed by atoms with Crippen LogP contribution in [0.1, 0.15) is 13.8 Å². The van der Waals surface area contributed by atoms with Gasteiger partial charge in [0, 0.05) is 31.1 Å². The number of thioether (sulfide) groups is 1. The second-order valence-electron chi connectivity index (χ2n) is 5.85. The molecule has 1 fully saturated rings. The SMILES string of the molecule is CC(C)(O)CNS(=O)(=O)c1cc(F)ccc1N1CCSCC1. The maximum Gasteiger partial charge on any atom is 0.242 e. The van der Waals surface area contributed by atoms with Gasteiger partial charge in [0.25, 0.3) is 0 Å². The Balaban J connectivity index is 2.33. The average molecular weight is 348 g/mol. The van der Waals surface area contributed by atoms with Crippen molar-refractivity contribution in [2.45, 2.75) is 24.3 Å². The molecule has 5 nitrogen and oxygen atoms in total. The van der Waals surface area contributed by atoms with E-state index in [0.717, 1.165) is 30.7 Å². The molecule has 124 valence electrons.